The molecule has 0 aliphatic rings. The van der Waals surface area contributed by atoms with Crippen LogP contribution in [0.25, 0.3) is 11.3 Å². The van der Waals surface area contributed by atoms with Gasteiger partial charge < -0.3 is 9.47 Å². The summed E-state index contributed by atoms with van der Waals surface area (Å²) in [6.07, 6.45) is 1.60. The van der Waals surface area contributed by atoms with E-state index in [9.17, 15) is 14.9 Å². The molecule has 0 radical (unpaired) electrons. The molecule has 1 aromatic heterocycles. The fraction of sp³-hybridized carbons (Fsp3) is 0.115. The summed E-state index contributed by atoms with van der Waals surface area (Å²) in [6.45, 7) is 4.17. The first-order chi connectivity index (χ1) is 17.4. The number of nitrogens with zero attached hydrogens (tertiary/aromatic N) is 3. The van der Waals surface area contributed by atoms with Crippen LogP contribution >= 0.6 is 11.3 Å². The molecule has 1 heterocycles. The molecular formula is C26H22N4O5S. The van der Waals surface area contributed by atoms with Crippen molar-refractivity contribution in [3.05, 3.63) is 98.9 Å². The number of ether oxygens (including phenoxy) is 2. The number of hydrogen-bond acceptors (Lipinski definition) is 9. The summed E-state index contributed by atoms with van der Waals surface area (Å²) in [5.41, 5.74) is 5.48. The quantitative estimate of drug-likeness (QED) is 0.0968. The first kappa shape index (κ1) is 24.6. The van der Waals surface area contributed by atoms with Crippen LogP contribution in [0.1, 0.15) is 27.7 Å². The summed E-state index contributed by atoms with van der Waals surface area (Å²) in [5, 5.41) is 15.9. The predicted octanol–water partition coefficient (Wildman–Crippen LogP) is 6.09. The molecule has 0 amide bonds. The van der Waals surface area contributed by atoms with Crippen LogP contribution in [-0.2, 0) is 0 Å². The number of aryl methyl sites for hydroxylation is 1. The zero-order valence-corrected chi connectivity index (χ0v) is 20.3. The van der Waals surface area contributed by atoms with Gasteiger partial charge in [-0.3, -0.25) is 15.5 Å². The van der Waals surface area contributed by atoms with E-state index in [1.54, 1.807) is 24.4 Å². The van der Waals surface area contributed by atoms with Crippen molar-refractivity contribution in [3.63, 3.8) is 0 Å². The molecule has 36 heavy (non-hydrogen) atoms. The molecule has 182 valence electrons. The van der Waals surface area contributed by atoms with Gasteiger partial charge in [0.2, 0.25) is 5.13 Å². The Kier molecular flexibility index (Phi) is 7.66. The van der Waals surface area contributed by atoms with Crippen LogP contribution in [0.15, 0.2) is 77.9 Å². The zero-order chi connectivity index (χ0) is 25.5. The third-order valence-electron chi connectivity index (χ3n) is 4.98. The lowest BCUT2D eigenvalue weighted by molar-refractivity contribution is -0.384. The van der Waals surface area contributed by atoms with Crippen LogP contribution in [0.2, 0.25) is 0 Å². The lowest BCUT2D eigenvalue weighted by Crippen LogP contribution is -2.10. The number of nitro benzene ring substituents is 1. The highest BCUT2D eigenvalue weighted by Gasteiger charge is 2.16. The Morgan fingerprint density at radius 2 is 1.92 bits per heavy atom. The molecule has 4 rings (SSSR count). The molecule has 0 bridgehead atoms. The average Bonchev–Trinajstić information content (AvgIpc) is 3.26. The first-order valence-corrected chi connectivity index (χ1v) is 11.8. The van der Waals surface area contributed by atoms with Gasteiger partial charge in [-0.2, -0.15) is 5.10 Å². The number of rotatable bonds is 9. The van der Waals surface area contributed by atoms with E-state index in [1.807, 2.05) is 44.2 Å². The molecule has 0 fully saturated rings. The number of esters is 1. The smallest absolute Gasteiger partial charge is 0.343 e. The number of benzene rings is 3. The summed E-state index contributed by atoms with van der Waals surface area (Å²) in [6, 6.07) is 20.3. The van der Waals surface area contributed by atoms with Crippen molar-refractivity contribution >= 4 is 34.3 Å². The fourth-order valence-electron chi connectivity index (χ4n) is 3.33. The Bertz CT molecular complexity index is 1420. The Labute approximate surface area is 211 Å². The molecule has 1 N–H and O–H groups in total. The van der Waals surface area contributed by atoms with Crippen molar-refractivity contribution in [1.82, 2.24) is 4.98 Å². The van der Waals surface area contributed by atoms with Gasteiger partial charge in [-0.15, -0.1) is 11.3 Å². The minimum Gasteiger partial charge on any atom is -0.490 e. The zero-order valence-electron chi connectivity index (χ0n) is 19.5. The van der Waals surface area contributed by atoms with Gasteiger partial charge in [-0.25, -0.2) is 9.78 Å². The third-order valence-corrected chi connectivity index (χ3v) is 5.86. The van der Waals surface area contributed by atoms with Gasteiger partial charge in [-0.05, 0) is 43.7 Å². The van der Waals surface area contributed by atoms with Gasteiger partial charge in [0.1, 0.15) is 0 Å². The Hall–Kier alpha value is -4.57. The Morgan fingerprint density at radius 1 is 1.11 bits per heavy atom. The minimum atomic E-state index is -0.726. The molecule has 0 spiro atoms. The van der Waals surface area contributed by atoms with Gasteiger partial charge in [0, 0.05) is 22.6 Å². The number of hydrazone groups is 1. The molecule has 3 aromatic carbocycles. The van der Waals surface area contributed by atoms with E-state index in [2.05, 4.69) is 15.5 Å². The molecule has 0 unspecified atom stereocenters. The number of non-ortho nitro benzene ring substituents is 1. The van der Waals surface area contributed by atoms with Crippen molar-refractivity contribution in [2.75, 3.05) is 12.0 Å². The molecule has 10 heteroatoms. The Morgan fingerprint density at radius 3 is 2.67 bits per heavy atom. The number of hydrogen-bond donors (Lipinski definition) is 1. The number of thiazole rings is 1. The molecule has 0 saturated heterocycles. The first-order valence-electron chi connectivity index (χ1n) is 11.0. The number of nitrogens with one attached hydrogen (secondary N) is 1. The lowest BCUT2D eigenvalue weighted by Gasteiger charge is -2.11. The van der Waals surface area contributed by atoms with E-state index >= 15 is 0 Å². The van der Waals surface area contributed by atoms with Crippen LogP contribution in [-0.4, -0.2) is 28.7 Å². The number of aromatic nitrogens is 1. The van der Waals surface area contributed by atoms with Crippen LogP contribution in [0.5, 0.6) is 11.5 Å². The lowest BCUT2D eigenvalue weighted by atomic mass is 10.1. The van der Waals surface area contributed by atoms with Crippen molar-refractivity contribution in [1.29, 1.82) is 0 Å². The average molecular weight is 503 g/mol. The highest BCUT2D eigenvalue weighted by Crippen LogP contribution is 2.31. The monoisotopic (exact) mass is 502 g/mol. The normalized spacial score (nSPS) is 10.8. The Balaban J connectivity index is 1.47. The molecule has 0 aliphatic heterocycles. The summed E-state index contributed by atoms with van der Waals surface area (Å²) in [7, 11) is 0. The second-order valence-electron chi connectivity index (χ2n) is 7.50. The van der Waals surface area contributed by atoms with E-state index in [-0.39, 0.29) is 17.0 Å². The highest BCUT2D eigenvalue weighted by molar-refractivity contribution is 7.16. The second-order valence-corrected chi connectivity index (χ2v) is 8.70. The van der Waals surface area contributed by atoms with E-state index in [0.29, 0.717) is 23.1 Å². The van der Waals surface area contributed by atoms with Crippen LogP contribution in [0.3, 0.4) is 0 Å². The van der Waals surface area contributed by atoms with Crippen LogP contribution in [0, 0.1) is 17.0 Å². The molecular weight excluding hydrogens is 480 g/mol. The van der Waals surface area contributed by atoms with E-state index < -0.39 is 10.9 Å². The SMILES string of the molecule is CCOc1cc(/C=N\Nc2nc(-c3ccccc3)c(C)s2)ccc1OC(=O)c1cccc([N+](=O)[O-])c1. The minimum absolute atomic E-state index is 0.0649. The second kappa shape index (κ2) is 11.2. The van der Waals surface area contributed by atoms with Gasteiger partial charge >= 0.3 is 5.97 Å². The summed E-state index contributed by atoms with van der Waals surface area (Å²) in [4.78, 5) is 28.7. The molecule has 0 atom stereocenters. The summed E-state index contributed by atoms with van der Waals surface area (Å²) >= 11 is 1.51. The topological polar surface area (TPSA) is 116 Å². The largest absolute Gasteiger partial charge is 0.490 e. The molecule has 0 aliphatic carbocycles. The van der Waals surface area contributed by atoms with Gasteiger partial charge in [0.25, 0.3) is 5.69 Å². The van der Waals surface area contributed by atoms with E-state index in [1.165, 1.54) is 35.6 Å². The van der Waals surface area contributed by atoms with Crippen molar-refractivity contribution in [3.8, 4) is 22.8 Å². The van der Waals surface area contributed by atoms with E-state index in [0.717, 1.165) is 16.1 Å². The van der Waals surface area contributed by atoms with Crippen molar-refractivity contribution in [2.45, 2.75) is 13.8 Å². The number of carbonyl (C=O) groups excluding carboxylic acids is 1. The maximum absolute atomic E-state index is 12.5. The predicted molar refractivity (Wildman–Crippen MR) is 139 cm³/mol. The van der Waals surface area contributed by atoms with Crippen LogP contribution in [0.4, 0.5) is 10.8 Å². The third kappa shape index (κ3) is 5.91. The molecule has 9 nitrogen and oxygen atoms in total. The maximum atomic E-state index is 12.5. The van der Waals surface area contributed by atoms with Crippen LogP contribution < -0.4 is 14.9 Å². The number of nitro groups is 1. The fourth-order valence-corrected chi connectivity index (χ4v) is 4.12. The van der Waals surface area contributed by atoms with Crippen molar-refractivity contribution < 1.29 is 19.2 Å². The van der Waals surface area contributed by atoms with E-state index in [4.69, 9.17) is 9.47 Å². The number of carbonyl (C=O) groups is 1. The van der Waals surface area contributed by atoms with Crippen molar-refractivity contribution in [2.24, 2.45) is 5.10 Å². The standard InChI is InChI=1S/C26H22N4O5S/c1-3-34-23-14-18(12-13-22(23)35-25(31)20-10-7-11-21(15-20)30(32)33)16-27-29-26-28-24(17(2)36-26)19-8-5-4-6-9-19/h4-16H,3H2,1-2H3,(H,28,29)/b27-16-. The molecule has 0 saturated carbocycles. The summed E-state index contributed by atoms with van der Waals surface area (Å²) < 4.78 is 11.1. The number of anilines is 1. The summed E-state index contributed by atoms with van der Waals surface area (Å²) in [5.74, 6) is -0.186. The maximum Gasteiger partial charge on any atom is 0.343 e. The van der Waals surface area contributed by atoms with Gasteiger partial charge in [0.15, 0.2) is 11.5 Å². The van der Waals surface area contributed by atoms with Gasteiger partial charge in [-0.1, -0.05) is 36.4 Å². The highest BCUT2D eigenvalue weighted by atomic mass is 32.1. The molecule has 4 aromatic rings. The van der Waals surface area contributed by atoms with Gasteiger partial charge in [0.05, 0.1) is 29.0 Å².